The summed E-state index contributed by atoms with van der Waals surface area (Å²) in [5.74, 6) is -0.220. The second kappa shape index (κ2) is 9.10. The van der Waals surface area contributed by atoms with Crippen LogP contribution >= 0.6 is 0 Å². The van der Waals surface area contributed by atoms with Crippen molar-refractivity contribution < 1.29 is 24.2 Å². The van der Waals surface area contributed by atoms with Crippen molar-refractivity contribution in [2.24, 2.45) is 0 Å². The van der Waals surface area contributed by atoms with Crippen LogP contribution in [0, 0.1) is 20.8 Å². The van der Waals surface area contributed by atoms with Gasteiger partial charge in [0.15, 0.2) is 11.5 Å². The largest absolute Gasteiger partial charge is 0.481 e. The quantitative estimate of drug-likeness (QED) is 0.570. The van der Waals surface area contributed by atoms with Gasteiger partial charge >= 0.3 is 5.97 Å². The first-order valence-electron chi connectivity index (χ1n) is 11.9. The molecule has 35 heavy (non-hydrogen) atoms. The maximum absolute atomic E-state index is 13.2. The van der Waals surface area contributed by atoms with Crippen LogP contribution in [0.4, 0.5) is 0 Å². The molecule has 0 aliphatic carbocycles. The molecule has 1 unspecified atom stereocenters. The summed E-state index contributed by atoms with van der Waals surface area (Å²) in [4.78, 5) is 27.4. The van der Waals surface area contributed by atoms with Crippen molar-refractivity contribution in [1.82, 2.24) is 4.90 Å². The molecule has 0 saturated carbocycles. The number of amides is 1. The zero-order valence-electron chi connectivity index (χ0n) is 20.3. The van der Waals surface area contributed by atoms with E-state index in [1.165, 1.54) is 5.56 Å². The highest BCUT2D eigenvalue weighted by molar-refractivity contribution is 5.94. The topological polar surface area (TPSA) is 76.1 Å². The number of hydrogen-bond acceptors (Lipinski definition) is 4. The Labute approximate surface area is 205 Å². The Bertz CT molecular complexity index is 1330. The van der Waals surface area contributed by atoms with Gasteiger partial charge in [0.1, 0.15) is 0 Å². The number of carbonyl (C=O) groups is 2. The summed E-state index contributed by atoms with van der Waals surface area (Å²) in [7, 11) is 0. The van der Waals surface area contributed by atoms with E-state index in [0.717, 1.165) is 39.8 Å². The van der Waals surface area contributed by atoms with Crippen LogP contribution in [0.15, 0.2) is 48.5 Å². The monoisotopic (exact) mass is 471 g/mol. The molecule has 0 fully saturated rings. The molecule has 0 saturated heterocycles. The van der Waals surface area contributed by atoms with Crippen LogP contribution in [0.25, 0.3) is 0 Å². The highest BCUT2D eigenvalue weighted by atomic mass is 16.7. The van der Waals surface area contributed by atoms with E-state index in [9.17, 15) is 14.7 Å². The van der Waals surface area contributed by atoms with Gasteiger partial charge in [-0.3, -0.25) is 9.59 Å². The Morgan fingerprint density at radius 2 is 1.69 bits per heavy atom. The van der Waals surface area contributed by atoms with E-state index in [4.69, 9.17) is 9.47 Å². The van der Waals surface area contributed by atoms with E-state index < -0.39 is 11.9 Å². The summed E-state index contributed by atoms with van der Waals surface area (Å²) in [6.45, 7) is 7.31. The van der Waals surface area contributed by atoms with Crippen LogP contribution < -0.4 is 9.47 Å². The van der Waals surface area contributed by atoms with E-state index in [2.05, 4.69) is 0 Å². The molecule has 2 aliphatic rings. The van der Waals surface area contributed by atoms with Gasteiger partial charge in [0.05, 0.1) is 5.92 Å². The molecule has 1 N–H and O–H groups in total. The number of hydrogen-bond donors (Lipinski definition) is 1. The maximum atomic E-state index is 13.2. The Balaban J connectivity index is 1.39. The summed E-state index contributed by atoms with van der Waals surface area (Å²) < 4.78 is 10.9. The van der Waals surface area contributed by atoms with Crippen molar-refractivity contribution in [3.05, 3.63) is 93.0 Å². The van der Waals surface area contributed by atoms with Crippen LogP contribution in [0.1, 0.15) is 55.2 Å². The van der Waals surface area contributed by atoms with Crippen LogP contribution in [0.3, 0.4) is 0 Å². The molecule has 180 valence electrons. The molecule has 0 aromatic heterocycles. The standard InChI is InChI=1S/C29H29NO5/c1-17-4-5-22(10-18(17)2)28(31)30-9-8-20-6-7-21(12-24(20)15-30)25(29(32)33)13-23-14-27-26(11-19(23)3)34-16-35-27/h4-7,10-12,14,25H,8-9,13,15-16H2,1-3H3,(H,32,33). The van der Waals surface area contributed by atoms with Gasteiger partial charge in [0, 0.05) is 18.7 Å². The number of fused-ring (bicyclic) bond motifs is 2. The van der Waals surface area contributed by atoms with Crippen molar-refractivity contribution in [1.29, 1.82) is 0 Å². The first-order valence-corrected chi connectivity index (χ1v) is 11.9. The molecule has 0 radical (unpaired) electrons. The molecule has 2 aliphatic heterocycles. The Morgan fingerprint density at radius 3 is 2.43 bits per heavy atom. The fourth-order valence-electron chi connectivity index (χ4n) is 4.90. The zero-order chi connectivity index (χ0) is 24.7. The van der Waals surface area contributed by atoms with Gasteiger partial charge in [-0.05, 0) is 96.8 Å². The predicted molar refractivity (Wildman–Crippen MR) is 132 cm³/mol. The van der Waals surface area contributed by atoms with Gasteiger partial charge in [-0.25, -0.2) is 0 Å². The van der Waals surface area contributed by atoms with Crippen LogP contribution in [-0.4, -0.2) is 35.2 Å². The average molecular weight is 472 g/mol. The molecule has 1 amide bonds. The molecule has 6 heteroatoms. The molecule has 6 nitrogen and oxygen atoms in total. The lowest BCUT2D eigenvalue weighted by molar-refractivity contribution is -0.138. The van der Waals surface area contributed by atoms with Gasteiger partial charge in [-0.15, -0.1) is 0 Å². The molecular weight excluding hydrogens is 442 g/mol. The Hall–Kier alpha value is -3.80. The molecule has 0 spiro atoms. The number of aliphatic carboxylic acids is 1. The first-order chi connectivity index (χ1) is 16.8. The first kappa shape index (κ1) is 23.0. The van der Waals surface area contributed by atoms with E-state index in [1.54, 1.807) is 0 Å². The second-order valence-electron chi connectivity index (χ2n) is 9.53. The smallest absolute Gasteiger partial charge is 0.311 e. The SMILES string of the molecule is Cc1ccc(C(=O)N2CCc3ccc(C(Cc4cc5c(cc4C)OCO5)C(=O)O)cc3C2)cc1C. The predicted octanol–water partition coefficient (Wildman–Crippen LogP) is 4.95. The van der Waals surface area contributed by atoms with Crippen molar-refractivity contribution in [2.75, 3.05) is 13.3 Å². The lowest BCUT2D eigenvalue weighted by Crippen LogP contribution is -2.36. The van der Waals surface area contributed by atoms with E-state index in [0.29, 0.717) is 36.6 Å². The normalized spacial score (nSPS) is 15.0. The number of carboxylic acid groups (broad SMARTS) is 1. The number of aryl methyl sites for hydroxylation is 3. The zero-order valence-corrected chi connectivity index (χ0v) is 20.3. The minimum absolute atomic E-state index is 0.00919. The summed E-state index contributed by atoms with van der Waals surface area (Å²) in [5.41, 5.74) is 7.77. The van der Waals surface area contributed by atoms with Crippen molar-refractivity contribution in [3.63, 3.8) is 0 Å². The Morgan fingerprint density at radius 1 is 0.914 bits per heavy atom. The summed E-state index contributed by atoms with van der Waals surface area (Å²) in [5, 5.41) is 10.1. The minimum atomic E-state index is -0.874. The van der Waals surface area contributed by atoms with E-state index in [-0.39, 0.29) is 12.7 Å². The van der Waals surface area contributed by atoms with Crippen LogP contribution in [0.5, 0.6) is 11.5 Å². The fraction of sp³-hybridized carbons (Fsp3) is 0.310. The molecule has 2 heterocycles. The number of nitrogens with zero attached hydrogens (tertiary/aromatic N) is 1. The van der Waals surface area contributed by atoms with Crippen LogP contribution in [0.2, 0.25) is 0 Å². The third-order valence-corrected chi connectivity index (χ3v) is 7.24. The fourth-order valence-corrected chi connectivity index (χ4v) is 4.90. The highest BCUT2D eigenvalue weighted by Gasteiger charge is 2.27. The van der Waals surface area contributed by atoms with Gasteiger partial charge in [0.25, 0.3) is 5.91 Å². The molecule has 3 aromatic rings. The number of carboxylic acids is 1. The van der Waals surface area contributed by atoms with Crippen molar-refractivity contribution >= 4 is 11.9 Å². The van der Waals surface area contributed by atoms with Crippen molar-refractivity contribution in [2.45, 2.75) is 46.1 Å². The van der Waals surface area contributed by atoms with Gasteiger partial charge in [-0.1, -0.05) is 24.3 Å². The maximum Gasteiger partial charge on any atom is 0.311 e. The molecule has 5 rings (SSSR count). The number of benzene rings is 3. The van der Waals surface area contributed by atoms with E-state index in [1.807, 2.05) is 74.2 Å². The lowest BCUT2D eigenvalue weighted by atomic mass is 9.87. The third-order valence-electron chi connectivity index (χ3n) is 7.24. The van der Waals surface area contributed by atoms with Gasteiger partial charge < -0.3 is 19.5 Å². The number of ether oxygens (including phenoxy) is 2. The summed E-state index contributed by atoms with van der Waals surface area (Å²) in [6.07, 6.45) is 1.10. The minimum Gasteiger partial charge on any atom is -0.481 e. The number of rotatable bonds is 5. The molecule has 0 bridgehead atoms. The molecule has 3 aromatic carbocycles. The number of carbonyl (C=O) groups excluding carboxylic acids is 1. The van der Waals surface area contributed by atoms with Gasteiger partial charge in [0.2, 0.25) is 6.79 Å². The third kappa shape index (κ3) is 4.48. The highest BCUT2D eigenvalue weighted by Crippen LogP contribution is 2.36. The lowest BCUT2D eigenvalue weighted by Gasteiger charge is -2.30. The Kier molecular flexibility index (Phi) is 5.97. The second-order valence-corrected chi connectivity index (χ2v) is 9.53. The van der Waals surface area contributed by atoms with Gasteiger partial charge in [-0.2, -0.15) is 0 Å². The molecule has 1 atom stereocenters. The van der Waals surface area contributed by atoms with Crippen LogP contribution in [-0.2, 0) is 24.2 Å². The summed E-state index contributed by atoms with van der Waals surface area (Å²) >= 11 is 0. The summed E-state index contributed by atoms with van der Waals surface area (Å²) in [6, 6.07) is 15.5. The average Bonchev–Trinajstić information content (AvgIpc) is 3.29. The van der Waals surface area contributed by atoms with E-state index >= 15 is 0 Å². The molecular formula is C29H29NO5. The van der Waals surface area contributed by atoms with Crippen molar-refractivity contribution in [3.8, 4) is 11.5 Å².